The molecule has 1 unspecified atom stereocenters. The molecule has 3 rings (SSSR count). The molecule has 5 heteroatoms. The minimum absolute atomic E-state index is 0.00181. The number of amides is 2. The Balaban J connectivity index is 1.75. The van der Waals surface area contributed by atoms with Crippen molar-refractivity contribution in [3.63, 3.8) is 0 Å². The summed E-state index contributed by atoms with van der Waals surface area (Å²) in [7, 11) is 3.94. The molecule has 1 aliphatic heterocycles. The van der Waals surface area contributed by atoms with Crippen molar-refractivity contribution in [2.75, 3.05) is 24.3 Å². The number of β-lactam (4-membered cyclic amide) rings is 1. The highest BCUT2D eigenvalue weighted by atomic mass is 16.2. The van der Waals surface area contributed by atoms with E-state index in [1.807, 2.05) is 73.6 Å². The smallest absolute Gasteiger partial charge is 0.249 e. The summed E-state index contributed by atoms with van der Waals surface area (Å²) in [5, 5.41) is 2.94. The van der Waals surface area contributed by atoms with Gasteiger partial charge in [-0.25, -0.2) is 0 Å². The molecule has 2 amide bonds. The quantitative estimate of drug-likeness (QED) is 0.840. The fourth-order valence-electron chi connectivity index (χ4n) is 3.30. The lowest BCUT2D eigenvalue weighted by atomic mass is 9.86. The van der Waals surface area contributed by atoms with Gasteiger partial charge in [-0.05, 0) is 43.7 Å². The van der Waals surface area contributed by atoms with E-state index in [2.05, 4.69) is 5.32 Å². The summed E-state index contributed by atoms with van der Waals surface area (Å²) in [4.78, 5) is 28.9. The van der Waals surface area contributed by atoms with E-state index < -0.39 is 5.54 Å². The topological polar surface area (TPSA) is 52.7 Å². The largest absolute Gasteiger partial charge is 0.378 e. The van der Waals surface area contributed by atoms with Crippen LogP contribution in [-0.4, -0.2) is 36.3 Å². The Kier molecular flexibility index (Phi) is 4.72. The Labute approximate surface area is 154 Å². The highest BCUT2D eigenvalue weighted by molar-refractivity contribution is 6.01. The summed E-state index contributed by atoms with van der Waals surface area (Å²) in [6.45, 7) is 3.59. The zero-order valence-electron chi connectivity index (χ0n) is 15.7. The van der Waals surface area contributed by atoms with E-state index in [0.717, 1.165) is 16.9 Å². The highest BCUT2D eigenvalue weighted by Gasteiger charge is 2.49. The second kappa shape index (κ2) is 6.83. The molecule has 2 aromatic carbocycles. The van der Waals surface area contributed by atoms with Crippen molar-refractivity contribution in [2.24, 2.45) is 0 Å². The fraction of sp³-hybridized carbons (Fsp3) is 0.333. The maximum Gasteiger partial charge on any atom is 0.249 e. The van der Waals surface area contributed by atoms with Gasteiger partial charge in [0.25, 0.3) is 0 Å². The number of anilines is 2. The molecule has 0 aliphatic carbocycles. The average Bonchev–Trinajstić information content (AvgIpc) is 2.60. The van der Waals surface area contributed by atoms with Gasteiger partial charge in [-0.1, -0.05) is 30.3 Å². The van der Waals surface area contributed by atoms with E-state index in [0.29, 0.717) is 6.42 Å². The molecule has 0 radical (unpaired) electrons. The summed E-state index contributed by atoms with van der Waals surface area (Å²) in [5.41, 5.74) is 1.90. The summed E-state index contributed by atoms with van der Waals surface area (Å²) >= 11 is 0. The van der Waals surface area contributed by atoms with Crippen LogP contribution in [0.2, 0.25) is 0 Å². The summed E-state index contributed by atoms with van der Waals surface area (Å²) in [6.07, 6.45) is 0.443. The monoisotopic (exact) mass is 351 g/mol. The minimum atomic E-state index is -0.934. The minimum Gasteiger partial charge on any atom is -0.378 e. The standard InChI is InChI=1S/C21H25N3O2/c1-21(2,20(26)22-16-10-12-17(13-11-16)23(3)4)24-18(14-19(24)25)15-8-6-5-7-9-15/h5-13,18H,14H2,1-4H3,(H,22,26). The number of likely N-dealkylation sites (tertiary alicyclic amines) is 1. The van der Waals surface area contributed by atoms with Crippen LogP contribution < -0.4 is 10.2 Å². The Morgan fingerprint density at radius 3 is 2.23 bits per heavy atom. The fourth-order valence-corrected chi connectivity index (χ4v) is 3.30. The molecule has 1 aliphatic rings. The van der Waals surface area contributed by atoms with Gasteiger partial charge < -0.3 is 15.1 Å². The molecule has 1 atom stereocenters. The molecule has 1 heterocycles. The third-order valence-electron chi connectivity index (χ3n) is 4.93. The summed E-state index contributed by atoms with van der Waals surface area (Å²) in [5.74, 6) is -0.189. The number of carbonyl (C=O) groups excluding carboxylic acids is 2. The molecule has 0 aromatic heterocycles. The van der Waals surface area contributed by atoms with E-state index in [4.69, 9.17) is 0 Å². The second-order valence-electron chi connectivity index (χ2n) is 7.35. The van der Waals surface area contributed by atoms with Crippen LogP contribution in [0.15, 0.2) is 54.6 Å². The molecule has 0 spiro atoms. The number of hydrogen-bond acceptors (Lipinski definition) is 3. The van der Waals surface area contributed by atoms with Crippen LogP contribution in [0.5, 0.6) is 0 Å². The lowest BCUT2D eigenvalue weighted by Crippen LogP contribution is -2.62. The van der Waals surface area contributed by atoms with Crippen LogP contribution in [0.4, 0.5) is 11.4 Å². The average molecular weight is 351 g/mol. The molecule has 0 bridgehead atoms. The molecular weight excluding hydrogens is 326 g/mol. The first-order chi connectivity index (χ1) is 12.3. The first-order valence-electron chi connectivity index (χ1n) is 8.76. The molecule has 1 fully saturated rings. The molecule has 1 N–H and O–H groups in total. The van der Waals surface area contributed by atoms with E-state index >= 15 is 0 Å². The third kappa shape index (κ3) is 3.29. The first-order valence-corrected chi connectivity index (χ1v) is 8.76. The maximum atomic E-state index is 12.9. The molecule has 26 heavy (non-hydrogen) atoms. The zero-order valence-corrected chi connectivity index (χ0v) is 15.7. The molecule has 1 saturated heterocycles. The van der Waals surface area contributed by atoms with Crippen molar-refractivity contribution >= 4 is 23.2 Å². The van der Waals surface area contributed by atoms with E-state index in [1.165, 1.54) is 0 Å². The third-order valence-corrected chi connectivity index (χ3v) is 4.93. The van der Waals surface area contributed by atoms with Crippen LogP contribution in [0, 0.1) is 0 Å². The second-order valence-corrected chi connectivity index (χ2v) is 7.35. The van der Waals surface area contributed by atoms with Crippen molar-refractivity contribution in [1.82, 2.24) is 4.90 Å². The van der Waals surface area contributed by atoms with Crippen molar-refractivity contribution in [3.8, 4) is 0 Å². The molecule has 2 aromatic rings. The van der Waals surface area contributed by atoms with Crippen LogP contribution in [-0.2, 0) is 9.59 Å². The molecule has 5 nitrogen and oxygen atoms in total. The number of benzene rings is 2. The van der Waals surface area contributed by atoms with Gasteiger partial charge in [0.05, 0.1) is 12.5 Å². The van der Waals surface area contributed by atoms with Crippen LogP contribution >= 0.6 is 0 Å². The normalized spacial score (nSPS) is 16.8. The SMILES string of the molecule is CN(C)c1ccc(NC(=O)C(C)(C)N2C(=O)CC2c2ccccc2)cc1. The highest BCUT2D eigenvalue weighted by Crippen LogP contribution is 2.40. The number of nitrogens with one attached hydrogen (secondary N) is 1. The number of carbonyl (C=O) groups is 2. The van der Waals surface area contributed by atoms with Gasteiger partial charge in [-0.2, -0.15) is 0 Å². The van der Waals surface area contributed by atoms with E-state index in [9.17, 15) is 9.59 Å². The number of nitrogens with zero attached hydrogens (tertiary/aromatic N) is 2. The molecular formula is C21H25N3O2. The number of rotatable bonds is 5. The zero-order chi connectivity index (χ0) is 18.9. The van der Waals surface area contributed by atoms with E-state index in [1.54, 1.807) is 18.7 Å². The van der Waals surface area contributed by atoms with Crippen LogP contribution in [0.3, 0.4) is 0 Å². The van der Waals surface area contributed by atoms with Gasteiger partial charge in [0.15, 0.2) is 0 Å². The van der Waals surface area contributed by atoms with Gasteiger partial charge in [-0.15, -0.1) is 0 Å². The Morgan fingerprint density at radius 1 is 1.08 bits per heavy atom. The Bertz CT molecular complexity index is 798. The lowest BCUT2D eigenvalue weighted by Gasteiger charge is -2.49. The van der Waals surface area contributed by atoms with Gasteiger partial charge in [0.2, 0.25) is 11.8 Å². The van der Waals surface area contributed by atoms with E-state index in [-0.39, 0.29) is 17.9 Å². The predicted molar refractivity (Wildman–Crippen MR) is 104 cm³/mol. The lowest BCUT2D eigenvalue weighted by molar-refractivity contribution is -0.160. The van der Waals surface area contributed by atoms with Crippen molar-refractivity contribution < 1.29 is 9.59 Å². The van der Waals surface area contributed by atoms with Crippen LogP contribution in [0.25, 0.3) is 0 Å². The van der Waals surface area contributed by atoms with Gasteiger partial charge in [0.1, 0.15) is 5.54 Å². The molecule has 136 valence electrons. The molecule has 0 saturated carbocycles. The Morgan fingerprint density at radius 2 is 1.69 bits per heavy atom. The van der Waals surface area contributed by atoms with Gasteiger partial charge >= 0.3 is 0 Å². The Hall–Kier alpha value is -2.82. The van der Waals surface area contributed by atoms with Gasteiger partial charge in [0, 0.05) is 25.5 Å². The summed E-state index contributed by atoms with van der Waals surface area (Å²) < 4.78 is 0. The predicted octanol–water partition coefficient (Wildman–Crippen LogP) is 3.44. The van der Waals surface area contributed by atoms with Gasteiger partial charge in [-0.3, -0.25) is 9.59 Å². The summed E-state index contributed by atoms with van der Waals surface area (Å²) in [6, 6.07) is 17.4. The van der Waals surface area contributed by atoms with Crippen LogP contribution in [0.1, 0.15) is 31.9 Å². The van der Waals surface area contributed by atoms with Crippen molar-refractivity contribution in [1.29, 1.82) is 0 Å². The van der Waals surface area contributed by atoms with Crippen molar-refractivity contribution in [3.05, 3.63) is 60.2 Å². The van der Waals surface area contributed by atoms with Crippen molar-refractivity contribution in [2.45, 2.75) is 31.8 Å². The number of hydrogen-bond donors (Lipinski definition) is 1. The maximum absolute atomic E-state index is 12.9. The first kappa shape index (κ1) is 18.0.